The molecule has 2 rings (SSSR count). The van der Waals surface area contributed by atoms with Crippen molar-refractivity contribution in [2.75, 3.05) is 19.7 Å². The Kier molecular flexibility index (Phi) is 3.79. The minimum atomic E-state index is 0.471. The van der Waals surface area contributed by atoms with Crippen molar-refractivity contribution >= 4 is 0 Å². The number of hydrogen-bond acceptors (Lipinski definition) is 3. The van der Waals surface area contributed by atoms with Crippen molar-refractivity contribution in [3.8, 4) is 0 Å². The molecule has 2 N–H and O–H groups in total. The molecule has 0 radical (unpaired) electrons. The Hall–Kier alpha value is -0.120. The van der Waals surface area contributed by atoms with Gasteiger partial charge in [-0.25, -0.2) is 0 Å². The normalized spacial score (nSPS) is 29.4. The van der Waals surface area contributed by atoms with Gasteiger partial charge in [-0.2, -0.15) is 0 Å². The molecule has 3 nitrogen and oxygen atoms in total. The third-order valence-corrected chi connectivity index (χ3v) is 3.01. The molecule has 14 heavy (non-hydrogen) atoms. The van der Waals surface area contributed by atoms with Gasteiger partial charge >= 0.3 is 0 Å². The van der Waals surface area contributed by atoms with Gasteiger partial charge in [0.15, 0.2) is 0 Å². The molecule has 1 saturated heterocycles. The van der Waals surface area contributed by atoms with Gasteiger partial charge in [0.1, 0.15) is 0 Å². The summed E-state index contributed by atoms with van der Waals surface area (Å²) in [4.78, 5) is 0. The highest BCUT2D eigenvalue weighted by atomic mass is 16.5. The number of rotatable bonds is 6. The lowest BCUT2D eigenvalue weighted by atomic mass is 10.2. The molecule has 2 atom stereocenters. The predicted molar refractivity (Wildman–Crippen MR) is 57.5 cm³/mol. The SMILES string of the molecule is CC(CNC1CC1)NC[C@@H]1CCCO1. The van der Waals surface area contributed by atoms with Crippen LogP contribution in [0, 0.1) is 0 Å². The van der Waals surface area contributed by atoms with E-state index in [1.807, 2.05) is 0 Å². The van der Waals surface area contributed by atoms with Gasteiger partial charge in [-0.3, -0.25) is 0 Å². The first kappa shape index (κ1) is 10.4. The van der Waals surface area contributed by atoms with Gasteiger partial charge in [-0.1, -0.05) is 0 Å². The predicted octanol–water partition coefficient (Wildman–Crippen LogP) is 0.895. The van der Waals surface area contributed by atoms with Crippen molar-refractivity contribution < 1.29 is 4.74 Å². The fourth-order valence-electron chi connectivity index (χ4n) is 1.84. The monoisotopic (exact) mass is 198 g/mol. The minimum Gasteiger partial charge on any atom is -0.377 e. The van der Waals surface area contributed by atoms with Gasteiger partial charge in [-0.15, -0.1) is 0 Å². The number of ether oxygens (including phenoxy) is 1. The summed E-state index contributed by atoms with van der Waals surface area (Å²) in [5.74, 6) is 0. The van der Waals surface area contributed by atoms with Crippen molar-refractivity contribution in [3.05, 3.63) is 0 Å². The molecular weight excluding hydrogens is 176 g/mol. The van der Waals surface area contributed by atoms with Crippen molar-refractivity contribution in [1.82, 2.24) is 10.6 Å². The smallest absolute Gasteiger partial charge is 0.0700 e. The Morgan fingerprint density at radius 3 is 2.86 bits per heavy atom. The summed E-state index contributed by atoms with van der Waals surface area (Å²) in [5, 5.41) is 7.05. The first-order valence-electron chi connectivity index (χ1n) is 5.93. The van der Waals surface area contributed by atoms with E-state index in [0.717, 1.165) is 25.7 Å². The average Bonchev–Trinajstić information content (AvgIpc) is 2.87. The van der Waals surface area contributed by atoms with Crippen molar-refractivity contribution in [1.29, 1.82) is 0 Å². The van der Waals surface area contributed by atoms with E-state index in [-0.39, 0.29) is 0 Å². The number of hydrogen-bond donors (Lipinski definition) is 2. The molecule has 1 heterocycles. The molecule has 0 aromatic carbocycles. The van der Waals surface area contributed by atoms with E-state index in [0.29, 0.717) is 12.1 Å². The van der Waals surface area contributed by atoms with Crippen LogP contribution in [-0.4, -0.2) is 37.9 Å². The van der Waals surface area contributed by atoms with Crippen LogP contribution < -0.4 is 10.6 Å². The molecule has 1 saturated carbocycles. The maximum Gasteiger partial charge on any atom is 0.0700 e. The summed E-state index contributed by atoms with van der Waals surface area (Å²) in [6, 6.07) is 1.39. The molecule has 0 spiro atoms. The third kappa shape index (κ3) is 3.56. The Morgan fingerprint density at radius 2 is 2.21 bits per heavy atom. The zero-order valence-corrected chi connectivity index (χ0v) is 9.09. The third-order valence-electron chi connectivity index (χ3n) is 3.01. The van der Waals surface area contributed by atoms with Crippen LogP contribution in [0.25, 0.3) is 0 Å². The fraction of sp³-hybridized carbons (Fsp3) is 1.00. The molecule has 1 aliphatic carbocycles. The second kappa shape index (κ2) is 5.10. The second-order valence-electron chi connectivity index (χ2n) is 4.63. The summed E-state index contributed by atoms with van der Waals surface area (Å²) in [5.41, 5.74) is 0. The van der Waals surface area contributed by atoms with Crippen LogP contribution >= 0.6 is 0 Å². The molecule has 1 aliphatic heterocycles. The van der Waals surface area contributed by atoms with E-state index in [1.165, 1.54) is 25.7 Å². The molecule has 2 aliphatic rings. The van der Waals surface area contributed by atoms with E-state index in [1.54, 1.807) is 0 Å². The van der Waals surface area contributed by atoms with Crippen LogP contribution in [0.3, 0.4) is 0 Å². The summed E-state index contributed by atoms with van der Waals surface area (Å²) in [6.45, 7) is 5.32. The quantitative estimate of drug-likeness (QED) is 0.665. The molecule has 1 unspecified atom stereocenters. The molecule has 0 aromatic heterocycles. The zero-order valence-electron chi connectivity index (χ0n) is 9.09. The van der Waals surface area contributed by atoms with E-state index in [4.69, 9.17) is 4.74 Å². The minimum absolute atomic E-state index is 0.471. The van der Waals surface area contributed by atoms with E-state index < -0.39 is 0 Å². The van der Waals surface area contributed by atoms with Gasteiger partial charge in [0.25, 0.3) is 0 Å². The van der Waals surface area contributed by atoms with Crippen LogP contribution in [0.2, 0.25) is 0 Å². The first-order valence-corrected chi connectivity index (χ1v) is 5.93. The first-order chi connectivity index (χ1) is 6.84. The van der Waals surface area contributed by atoms with Gasteiger partial charge in [0.05, 0.1) is 6.10 Å². The van der Waals surface area contributed by atoms with Gasteiger partial charge in [0, 0.05) is 31.8 Å². The van der Waals surface area contributed by atoms with Crippen LogP contribution in [-0.2, 0) is 4.74 Å². The Labute approximate surface area is 86.6 Å². The average molecular weight is 198 g/mol. The summed E-state index contributed by atoms with van der Waals surface area (Å²) < 4.78 is 5.56. The standard InChI is InChI=1S/C11H22N2O/c1-9(7-13-10-4-5-10)12-8-11-3-2-6-14-11/h9-13H,2-8H2,1H3/t9?,11-/m0/s1. The van der Waals surface area contributed by atoms with Gasteiger partial charge in [0.2, 0.25) is 0 Å². The Bertz CT molecular complexity index is 165. The van der Waals surface area contributed by atoms with E-state index in [2.05, 4.69) is 17.6 Å². The van der Waals surface area contributed by atoms with E-state index >= 15 is 0 Å². The van der Waals surface area contributed by atoms with Crippen LogP contribution in [0.15, 0.2) is 0 Å². The molecule has 0 amide bonds. The largest absolute Gasteiger partial charge is 0.377 e. The van der Waals surface area contributed by atoms with Crippen LogP contribution in [0.1, 0.15) is 32.6 Å². The van der Waals surface area contributed by atoms with Crippen LogP contribution in [0.4, 0.5) is 0 Å². The van der Waals surface area contributed by atoms with Crippen molar-refractivity contribution in [2.45, 2.75) is 50.8 Å². The van der Waals surface area contributed by atoms with Crippen molar-refractivity contribution in [3.63, 3.8) is 0 Å². The van der Waals surface area contributed by atoms with Crippen LogP contribution in [0.5, 0.6) is 0 Å². The topological polar surface area (TPSA) is 33.3 Å². The Morgan fingerprint density at radius 1 is 1.36 bits per heavy atom. The van der Waals surface area contributed by atoms with E-state index in [9.17, 15) is 0 Å². The molecule has 3 heteroatoms. The molecule has 82 valence electrons. The second-order valence-corrected chi connectivity index (χ2v) is 4.63. The summed E-state index contributed by atoms with van der Waals surface area (Å²) in [6.07, 6.45) is 5.69. The van der Waals surface area contributed by atoms with Gasteiger partial charge < -0.3 is 15.4 Å². The molecule has 0 bridgehead atoms. The zero-order chi connectivity index (χ0) is 9.80. The maximum atomic E-state index is 5.56. The van der Waals surface area contributed by atoms with Crippen molar-refractivity contribution in [2.24, 2.45) is 0 Å². The fourth-order valence-corrected chi connectivity index (χ4v) is 1.84. The maximum absolute atomic E-state index is 5.56. The lowest BCUT2D eigenvalue weighted by molar-refractivity contribution is 0.108. The highest BCUT2D eigenvalue weighted by molar-refractivity contribution is 4.82. The number of nitrogens with one attached hydrogen (secondary N) is 2. The lowest BCUT2D eigenvalue weighted by Crippen LogP contribution is -2.40. The lowest BCUT2D eigenvalue weighted by Gasteiger charge is -2.17. The molecule has 2 fully saturated rings. The highest BCUT2D eigenvalue weighted by Gasteiger charge is 2.21. The summed E-state index contributed by atoms with van der Waals surface area (Å²) >= 11 is 0. The van der Waals surface area contributed by atoms with Gasteiger partial charge in [-0.05, 0) is 32.6 Å². The molecular formula is C11H22N2O. The summed E-state index contributed by atoms with van der Waals surface area (Å²) in [7, 11) is 0. The highest BCUT2D eigenvalue weighted by Crippen LogP contribution is 2.18. The Balaban J connectivity index is 1.50. The molecule has 0 aromatic rings.